The molecule has 0 spiro atoms. The minimum absolute atomic E-state index is 1.09. The van der Waals surface area contributed by atoms with Gasteiger partial charge in [-0.3, -0.25) is 0 Å². The van der Waals surface area contributed by atoms with Gasteiger partial charge in [0.1, 0.15) is 0 Å². The quantitative estimate of drug-likeness (QED) is 0.589. The molecule has 3 heteroatoms. The van der Waals surface area contributed by atoms with E-state index < -0.39 is 0 Å². The lowest BCUT2D eigenvalue weighted by Gasteiger charge is -1.82. The van der Waals surface area contributed by atoms with Crippen LogP contribution in [0, 0.1) is 0 Å². The van der Waals surface area contributed by atoms with Crippen LogP contribution in [0.5, 0.6) is 0 Å². The number of thiazole rings is 1. The summed E-state index contributed by atoms with van der Waals surface area (Å²) < 4.78 is 0. The zero-order chi connectivity index (χ0) is 6.81. The highest BCUT2D eigenvalue weighted by molar-refractivity contribution is 8.05. The highest BCUT2D eigenvalue weighted by atomic mass is 32.2. The van der Waals surface area contributed by atoms with E-state index in [0.717, 1.165) is 5.69 Å². The van der Waals surface area contributed by atoms with Gasteiger partial charge in [0.05, 0.1) is 16.1 Å². The highest BCUT2D eigenvalue weighted by Crippen LogP contribution is 2.23. The molecule has 1 nitrogen and oxygen atoms in total. The monoisotopic (exact) mass is 167 g/mol. The molecule has 0 radical (unpaired) electrons. The largest absolute Gasteiger partial charge is 0.245 e. The smallest absolute Gasteiger partial charge is 0.0817 e. The summed E-state index contributed by atoms with van der Waals surface area (Å²) in [4.78, 5) is 5.44. The molecule has 0 atom stereocenters. The lowest BCUT2D eigenvalue weighted by molar-refractivity contribution is 1.38. The van der Waals surface area contributed by atoms with Crippen molar-refractivity contribution in [1.82, 2.24) is 4.98 Å². The molecule has 50 valence electrons. The molecule has 0 fully saturated rings. The van der Waals surface area contributed by atoms with Crippen LogP contribution in [0.4, 0.5) is 0 Å². The van der Waals surface area contributed by atoms with Crippen LogP contribution in [0.2, 0.25) is 0 Å². The maximum atomic E-state index is 4.18. The van der Waals surface area contributed by atoms with Gasteiger partial charge in [-0.15, -0.1) is 23.1 Å². The van der Waals surface area contributed by atoms with Crippen LogP contribution in [0.25, 0.3) is 12.2 Å². The normalized spacial score (nSPS) is 14.8. The molecule has 1 aromatic heterocycles. The Morgan fingerprint density at radius 3 is 3.10 bits per heavy atom. The van der Waals surface area contributed by atoms with Crippen molar-refractivity contribution in [2.45, 2.75) is 0 Å². The van der Waals surface area contributed by atoms with E-state index in [1.54, 1.807) is 23.1 Å². The van der Waals surface area contributed by atoms with Crippen molar-refractivity contribution in [3.63, 3.8) is 0 Å². The van der Waals surface area contributed by atoms with Gasteiger partial charge >= 0.3 is 0 Å². The maximum absolute atomic E-state index is 4.18. The summed E-state index contributed by atoms with van der Waals surface area (Å²) in [5.41, 5.74) is 2.96. The van der Waals surface area contributed by atoms with Gasteiger partial charge in [0.2, 0.25) is 0 Å². The Kier molecular flexibility index (Phi) is 1.61. The molecule has 0 aromatic carbocycles. The zero-order valence-corrected chi connectivity index (χ0v) is 6.78. The number of nitrogens with zero attached hydrogens (tertiary/aromatic N) is 1. The maximum Gasteiger partial charge on any atom is 0.0817 e. The summed E-state index contributed by atoms with van der Waals surface area (Å²) in [6.07, 6.45) is 4.13. The second-order valence-electron chi connectivity index (χ2n) is 1.84. The SMILES string of the molecule is C1=Cc2ncsc2C=CS1. The molecule has 0 bridgehead atoms. The average molecular weight is 167 g/mol. The lowest BCUT2D eigenvalue weighted by atomic mass is 10.3. The third-order valence-corrected chi connectivity index (χ3v) is 2.62. The Bertz CT molecular complexity index is 259. The average Bonchev–Trinajstić information content (AvgIpc) is 2.28. The van der Waals surface area contributed by atoms with Crippen molar-refractivity contribution >= 4 is 35.3 Å². The first-order valence-corrected chi connectivity index (χ1v) is 4.71. The first-order chi connectivity index (χ1) is 4.97. The number of hydrogen-bond donors (Lipinski definition) is 0. The molecule has 1 aliphatic rings. The summed E-state index contributed by atoms with van der Waals surface area (Å²) in [5, 5.41) is 4.11. The topological polar surface area (TPSA) is 12.9 Å². The van der Waals surface area contributed by atoms with E-state index in [2.05, 4.69) is 16.5 Å². The van der Waals surface area contributed by atoms with Crippen molar-refractivity contribution in [1.29, 1.82) is 0 Å². The Hall–Kier alpha value is -0.540. The number of aromatic nitrogens is 1. The van der Waals surface area contributed by atoms with Crippen LogP contribution >= 0.6 is 23.1 Å². The third kappa shape index (κ3) is 1.02. The zero-order valence-electron chi connectivity index (χ0n) is 5.15. The van der Waals surface area contributed by atoms with Gasteiger partial charge in [0.15, 0.2) is 0 Å². The van der Waals surface area contributed by atoms with Crippen molar-refractivity contribution < 1.29 is 0 Å². The Labute approximate surface area is 67.5 Å². The molecule has 1 aliphatic heterocycles. The minimum Gasteiger partial charge on any atom is -0.245 e. The fourth-order valence-corrected chi connectivity index (χ4v) is 2.03. The van der Waals surface area contributed by atoms with Gasteiger partial charge in [-0.05, 0) is 23.0 Å². The van der Waals surface area contributed by atoms with E-state index in [-0.39, 0.29) is 0 Å². The second kappa shape index (κ2) is 2.60. The Morgan fingerprint density at radius 2 is 2.10 bits per heavy atom. The summed E-state index contributed by atoms with van der Waals surface area (Å²) in [5.74, 6) is 0. The van der Waals surface area contributed by atoms with Crippen molar-refractivity contribution in [3.05, 3.63) is 26.9 Å². The molecular weight excluding hydrogens is 162 g/mol. The van der Waals surface area contributed by atoms with Crippen LogP contribution in [0.15, 0.2) is 16.3 Å². The molecule has 0 unspecified atom stereocenters. The van der Waals surface area contributed by atoms with E-state index in [1.165, 1.54) is 4.88 Å². The van der Waals surface area contributed by atoms with E-state index in [9.17, 15) is 0 Å². The molecule has 1 aromatic rings. The van der Waals surface area contributed by atoms with Gasteiger partial charge in [0, 0.05) is 0 Å². The number of rotatable bonds is 0. The summed E-state index contributed by atoms with van der Waals surface area (Å²) >= 11 is 3.36. The molecule has 0 saturated heterocycles. The molecule has 0 aliphatic carbocycles. The van der Waals surface area contributed by atoms with E-state index in [1.807, 2.05) is 17.0 Å². The van der Waals surface area contributed by atoms with Crippen molar-refractivity contribution in [3.8, 4) is 0 Å². The van der Waals surface area contributed by atoms with Crippen LogP contribution in [0.1, 0.15) is 10.6 Å². The van der Waals surface area contributed by atoms with Crippen molar-refractivity contribution in [2.24, 2.45) is 0 Å². The summed E-state index contributed by atoms with van der Waals surface area (Å²) in [6.45, 7) is 0. The van der Waals surface area contributed by atoms with Gasteiger partial charge in [0.25, 0.3) is 0 Å². The van der Waals surface area contributed by atoms with Gasteiger partial charge < -0.3 is 0 Å². The van der Waals surface area contributed by atoms with Crippen LogP contribution in [0.3, 0.4) is 0 Å². The highest BCUT2D eigenvalue weighted by Gasteiger charge is 1.99. The number of fused-ring (bicyclic) bond motifs is 1. The molecular formula is C7H5NS2. The molecule has 2 rings (SSSR count). The summed E-state index contributed by atoms with van der Waals surface area (Å²) in [6, 6.07) is 0. The Balaban J connectivity index is 2.56. The number of thioether (sulfide) groups is 1. The first kappa shape index (κ1) is 6.19. The van der Waals surface area contributed by atoms with E-state index >= 15 is 0 Å². The van der Waals surface area contributed by atoms with Crippen molar-refractivity contribution in [2.75, 3.05) is 0 Å². The van der Waals surface area contributed by atoms with Crippen LogP contribution in [-0.2, 0) is 0 Å². The number of hydrogen-bond acceptors (Lipinski definition) is 3. The predicted molar refractivity (Wildman–Crippen MR) is 47.8 cm³/mol. The molecule has 0 amide bonds. The van der Waals surface area contributed by atoms with E-state index in [0.29, 0.717) is 0 Å². The minimum atomic E-state index is 1.09. The standard InChI is InChI=1S/C7H5NS2/c1-3-9-4-2-7-6(1)8-5-10-7/h1-5H. The second-order valence-corrected chi connectivity index (χ2v) is 3.55. The molecule has 0 saturated carbocycles. The fourth-order valence-electron chi connectivity index (χ4n) is 0.764. The van der Waals surface area contributed by atoms with Crippen LogP contribution < -0.4 is 0 Å². The van der Waals surface area contributed by atoms with E-state index in [4.69, 9.17) is 0 Å². The lowest BCUT2D eigenvalue weighted by Crippen LogP contribution is -1.70. The molecule has 10 heavy (non-hydrogen) atoms. The molecule has 0 N–H and O–H groups in total. The van der Waals surface area contributed by atoms with Crippen LogP contribution in [-0.4, -0.2) is 4.98 Å². The fraction of sp³-hybridized carbons (Fsp3) is 0. The van der Waals surface area contributed by atoms with Gasteiger partial charge in [-0.1, -0.05) is 0 Å². The van der Waals surface area contributed by atoms with Gasteiger partial charge in [-0.2, -0.15) is 0 Å². The summed E-state index contributed by atoms with van der Waals surface area (Å²) in [7, 11) is 0. The first-order valence-electron chi connectivity index (χ1n) is 2.89. The Morgan fingerprint density at radius 1 is 1.20 bits per heavy atom. The molecule has 2 heterocycles. The predicted octanol–water partition coefficient (Wildman–Crippen LogP) is 2.83. The third-order valence-electron chi connectivity index (χ3n) is 1.23. The van der Waals surface area contributed by atoms with Gasteiger partial charge in [-0.25, -0.2) is 4.98 Å².